The highest BCUT2D eigenvalue weighted by atomic mass is 32.2. The lowest BCUT2D eigenvalue weighted by atomic mass is 10.1. The van der Waals surface area contributed by atoms with Crippen molar-refractivity contribution in [3.8, 4) is 0 Å². The van der Waals surface area contributed by atoms with E-state index in [1.807, 2.05) is 13.1 Å². The Balaban J connectivity index is 2.39. The summed E-state index contributed by atoms with van der Waals surface area (Å²) in [5.74, 6) is -0.285. The zero-order chi connectivity index (χ0) is 12.4. The van der Waals surface area contributed by atoms with Crippen molar-refractivity contribution in [1.82, 2.24) is 14.8 Å². The molecule has 0 saturated carbocycles. The summed E-state index contributed by atoms with van der Waals surface area (Å²) in [4.78, 5) is 0.774. The lowest BCUT2D eigenvalue weighted by Gasteiger charge is -2.12. The van der Waals surface area contributed by atoms with E-state index >= 15 is 0 Å². The Kier molecular flexibility index (Phi) is 3.44. The average molecular weight is 252 g/mol. The summed E-state index contributed by atoms with van der Waals surface area (Å²) in [5, 5.41) is 8.44. The van der Waals surface area contributed by atoms with Crippen LogP contribution in [-0.4, -0.2) is 14.8 Å². The van der Waals surface area contributed by atoms with E-state index in [4.69, 9.17) is 5.73 Å². The van der Waals surface area contributed by atoms with Crippen molar-refractivity contribution < 1.29 is 4.39 Å². The molecule has 1 aromatic heterocycles. The highest BCUT2D eigenvalue weighted by molar-refractivity contribution is 7.99. The summed E-state index contributed by atoms with van der Waals surface area (Å²) >= 11 is 1.36. The predicted molar refractivity (Wildman–Crippen MR) is 64.1 cm³/mol. The smallest absolute Gasteiger partial charge is 0.195 e. The number of aromatic nitrogens is 3. The highest BCUT2D eigenvalue weighted by Crippen LogP contribution is 2.32. The van der Waals surface area contributed by atoms with Crippen molar-refractivity contribution in [2.75, 3.05) is 0 Å². The SMILES string of the molecule is CC(N)c1c(F)cccc1Sc1nncn1C. The molecule has 0 aliphatic heterocycles. The third-order valence-corrected chi connectivity index (χ3v) is 3.47. The van der Waals surface area contributed by atoms with Crippen LogP contribution in [0.5, 0.6) is 0 Å². The van der Waals surface area contributed by atoms with Crippen LogP contribution in [0.15, 0.2) is 34.6 Å². The predicted octanol–water partition coefficient (Wildman–Crippen LogP) is 2.13. The standard InChI is InChI=1S/C11H13FN4S/c1-7(13)10-8(12)4-3-5-9(10)17-11-15-14-6-16(11)2/h3-7H,13H2,1-2H3. The summed E-state index contributed by atoms with van der Waals surface area (Å²) < 4.78 is 15.5. The Morgan fingerprint density at radius 2 is 2.24 bits per heavy atom. The molecule has 0 amide bonds. The lowest BCUT2D eigenvalue weighted by Crippen LogP contribution is -2.09. The average Bonchev–Trinajstić information content (AvgIpc) is 2.64. The molecule has 1 atom stereocenters. The van der Waals surface area contributed by atoms with Crippen molar-refractivity contribution in [2.24, 2.45) is 12.8 Å². The van der Waals surface area contributed by atoms with Crippen LogP contribution >= 0.6 is 11.8 Å². The monoisotopic (exact) mass is 252 g/mol. The molecule has 2 N–H and O–H groups in total. The fourth-order valence-electron chi connectivity index (χ4n) is 1.51. The van der Waals surface area contributed by atoms with Gasteiger partial charge in [-0.2, -0.15) is 0 Å². The summed E-state index contributed by atoms with van der Waals surface area (Å²) in [6, 6.07) is 4.56. The lowest BCUT2D eigenvalue weighted by molar-refractivity contribution is 0.585. The van der Waals surface area contributed by atoms with Crippen molar-refractivity contribution in [2.45, 2.75) is 23.0 Å². The van der Waals surface area contributed by atoms with Gasteiger partial charge >= 0.3 is 0 Å². The molecule has 0 spiro atoms. The van der Waals surface area contributed by atoms with Gasteiger partial charge in [0, 0.05) is 23.5 Å². The molecule has 2 rings (SSSR count). The number of nitrogens with zero attached hydrogens (tertiary/aromatic N) is 3. The van der Waals surface area contributed by atoms with Gasteiger partial charge in [-0.1, -0.05) is 6.07 Å². The first-order valence-electron chi connectivity index (χ1n) is 5.15. The quantitative estimate of drug-likeness (QED) is 0.909. The maximum atomic E-state index is 13.7. The van der Waals surface area contributed by atoms with Crippen molar-refractivity contribution >= 4 is 11.8 Å². The molecule has 1 heterocycles. The van der Waals surface area contributed by atoms with Crippen LogP contribution in [-0.2, 0) is 7.05 Å². The Bertz CT molecular complexity index is 524. The molecule has 90 valence electrons. The molecule has 1 unspecified atom stereocenters. The first-order chi connectivity index (χ1) is 8.09. The van der Waals surface area contributed by atoms with Gasteiger partial charge in [0.2, 0.25) is 0 Å². The maximum absolute atomic E-state index is 13.7. The maximum Gasteiger partial charge on any atom is 0.195 e. The van der Waals surface area contributed by atoms with Gasteiger partial charge in [-0.05, 0) is 30.8 Å². The van der Waals surface area contributed by atoms with Crippen LogP contribution < -0.4 is 5.73 Å². The van der Waals surface area contributed by atoms with E-state index in [0.29, 0.717) is 10.7 Å². The second kappa shape index (κ2) is 4.85. The topological polar surface area (TPSA) is 56.7 Å². The molecule has 17 heavy (non-hydrogen) atoms. The minimum atomic E-state index is -0.355. The first kappa shape index (κ1) is 12.1. The molecule has 4 nitrogen and oxygen atoms in total. The zero-order valence-corrected chi connectivity index (χ0v) is 10.4. The van der Waals surface area contributed by atoms with Crippen LogP contribution in [0.3, 0.4) is 0 Å². The van der Waals surface area contributed by atoms with Crippen molar-refractivity contribution in [3.63, 3.8) is 0 Å². The number of nitrogens with two attached hydrogens (primary N) is 1. The van der Waals surface area contributed by atoms with E-state index < -0.39 is 0 Å². The molecule has 0 bridgehead atoms. The number of halogens is 1. The van der Waals surface area contributed by atoms with Gasteiger partial charge in [-0.25, -0.2) is 4.39 Å². The summed E-state index contributed by atoms with van der Waals surface area (Å²) in [6.07, 6.45) is 1.60. The molecule has 6 heteroatoms. The van der Waals surface area contributed by atoms with Crippen molar-refractivity contribution in [1.29, 1.82) is 0 Å². The summed E-state index contributed by atoms with van der Waals surface area (Å²) in [7, 11) is 1.84. The third-order valence-electron chi connectivity index (χ3n) is 2.34. The number of rotatable bonds is 3. The Morgan fingerprint density at radius 3 is 2.82 bits per heavy atom. The third kappa shape index (κ3) is 2.48. The number of benzene rings is 1. The number of hydrogen-bond donors (Lipinski definition) is 1. The van der Waals surface area contributed by atoms with Gasteiger partial charge in [-0.3, -0.25) is 0 Å². The Labute approximate surface area is 103 Å². The molecule has 0 aliphatic carbocycles. The van der Waals surface area contributed by atoms with Crippen molar-refractivity contribution in [3.05, 3.63) is 35.9 Å². The normalized spacial score (nSPS) is 12.7. The zero-order valence-electron chi connectivity index (χ0n) is 9.59. The van der Waals surface area contributed by atoms with E-state index in [0.717, 1.165) is 4.90 Å². The van der Waals surface area contributed by atoms with E-state index in [9.17, 15) is 4.39 Å². The molecular formula is C11H13FN4S. The second-order valence-electron chi connectivity index (χ2n) is 3.77. The molecule has 2 aromatic rings. The Morgan fingerprint density at radius 1 is 1.47 bits per heavy atom. The van der Waals surface area contributed by atoms with Gasteiger partial charge in [-0.15, -0.1) is 10.2 Å². The minimum Gasteiger partial charge on any atom is -0.324 e. The molecule has 0 saturated heterocycles. The van der Waals surface area contributed by atoms with Gasteiger partial charge in [0.25, 0.3) is 0 Å². The van der Waals surface area contributed by atoms with E-state index in [2.05, 4.69) is 10.2 Å². The van der Waals surface area contributed by atoms with E-state index in [-0.39, 0.29) is 11.9 Å². The molecular weight excluding hydrogens is 239 g/mol. The minimum absolute atomic E-state index is 0.285. The summed E-state index contributed by atoms with van der Waals surface area (Å²) in [5.41, 5.74) is 6.30. The number of hydrogen-bond acceptors (Lipinski definition) is 4. The Hall–Kier alpha value is -1.40. The van der Waals surface area contributed by atoms with E-state index in [1.54, 1.807) is 23.9 Å². The van der Waals surface area contributed by atoms with Crippen LogP contribution in [0.1, 0.15) is 18.5 Å². The first-order valence-corrected chi connectivity index (χ1v) is 5.97. The molecule has 0 fully saturated rings. The van der Waals surface area contributed by atoms with Crippen LogP contribution in [0.2, 0.25) is 0 Å². The van der Waals surface area contributed by atoms with Crippen LogP contribution in [0, 0.1) is 5.82 Å². The van der Waals surface area contributed by atoms with Gasteiger partial charge < -0.3 is 10.3 Å². The van der Waals surface area contributed by atoms with E-state index in [1.165, 1.54) is 17.8 Å². The molecule has 1 aromatic carbocycles. The van der Waals surface area contributed by atoms with Gasteiger partial charge in [0.15, 0.2) is 5.16 Å². The van der Waals surface area contributed by atoms with Crippen LogP contribution in [0.25, 0.3) is 0 Å². The second-order valence-corrected chi connectivity index (χ2v) is 4.78. The van der Waals surface area contributed by atoms with Gasteiger partial charge in [0.05, 0.1) is 0 Å². The highest BCUT2D eigenvalue weighted by Gasteiger charge is 2.15. The van der Waals surface area contributed by atoms with Crippen LogP contribution in [0.4, 0.5) is 4.39 Å². The summed E-state index contributed by atoms with van der Waals surface area (Å²) in [6.45, 7) is 1.76. The molecule has 0 aliphatic rings. The largest absolute Gasteiger partial charge is 0.324 e. The molecule has 0 radical (unpaired) electrons. The fourth-order valence-corrected chi connectivity index (χ4v) is 2.53. The van der Waals surface area contributed by atoms with Gasteiger partial charge in [0.1, 0.15) is 12.1 Å². The fraction of sp³-hybridized carbons (Fsp3) is 0.273. The number of aryl methyl sites for hydroxylation is 1.